The van der Waals surface area contributed by atoms with Gasteiger partial charge in [0.2, 0.25) is 0 Å². The van der Waals surface area contributed by atoms with Crippen molar-refractivity contribution in [2.24, 2.45) is 5.92 Å². The van der Waals surface area contributed by atoms with Gasteiger partial charge in [-0.05, 0) is 56.0 Å². The molecule has 0 aliphatic carbocycles. The van der Waals surface area contributed by atoms with E-state index in [4.69, 9.17) is 4.74 Å². The van der Waals surface area contributed by atoms with Crippen molar-refractivity contribution in [1.29, 1.82) is 0 Å². The van der Waals surface area contributed by atoms with Crippen LogP contribution >= 0.6 is 11.3 Å². The first-order valence-corrected chi connectivity index (χ1v) is 8.38. The highest BCUT2D eigenvalue weighted by atomic mass is 32.1. The minimum absolute atomic E-state index is 0.201. The van der Waals surface area contributed by atoms with E-state index in [9.17, 15) is 4.79 Å². The first kappa shape index (κ1) is 18.0. The molecule has 0 radical (unpaired) electrons. The molecule has 0 saturated carbocycles. The molecule has 2 N–H and O–H groups in total. The first-order chi connectivity index (χ1) is 9.69. The van der Waals surface area contributed by atoms with Gasteiger partial charge in [-0.1, -0.05) is 13.8 Å². The van der Waals surface area contributed by atoms with E-state index in [0.717, 1.165) is 0 Å². The lowest BCUT2D eigenvalue weighted by molar-refractivity contribution is 0.0518. The van der Waals surface area contributed by atoms with Gasteiger partial charge in [-0.3, -0.25) is 0 Å². The molecular formula is C16H28N2O2S. The summed E-state index contributed by atoms with van der Waals surface area (Å²) >= 11 is 1.70. The zero-order valence-corrected chi connectivity index (χ0v) is 14.7. The number of thiophene rings is 1. The van der Waals surface area contributed by atoms with Gasteiger partial charge >= 0.3 is 6.09 Å². The number of ether oxygens (including phenoxy) is 1. The number of hydrogen-bond donors (Lipinski definition) is 2. The van der Waals surface area contributed by atoms with Gasteiger partial charge in [-0.15, -0.1) is 0 Å². The number of nitrogens with one attached hydrogen (secondary N) is 2. The van der Waals surface area contributed by atoms with Gasteiger partial charge in [0.05, 0.1) is 0 Å². The third-order valence-electron chi connectivity index (χ3n) is 3.18. The quantitative estimate of drug-likeness (QED) is 0.836. The summed E-state index contributed by atoms with van der Waals surface area (Å²) in [4.78, 5) is 11.7. The SMILES string of the molecule is CC(NC(CNC(=O)OC(C)(C)C)C(C)C)c1ccsc1. The number of rotatable bonds is 6. The third-order valence-corrected chi connectivity index (χ3v) is 3.88. The van der Waals surface area contributed by atoms with Gasteiger partial charge in [-0.2, -0.15) is 11.3 Å². The standard InChI is InChI=1S/C16H28N2O2S/c1-11(2)14(9-17-15(19)20-16(4,5)6)18-12(3)13-7-8-21-10-13/h7-8,10-12,14,18H,9H2,1-6H3,(H,17,19). The average molecular weight is 312 g/mol. The van der Waals surface area contributed by atoms with Gasteiger partial charge in [0.1, 0.15) is 5.60 Å². The Hall–Kier alpha value is -1.07. The summed E-state index contributed by atoms with van der Waals surface area (Å²) in [7, 11) is 0. The van der Waals surface area contributed by atoms with Crippen LogP contribution in [0.1, 0.15) is 53.1 Å². The van der Waals surface area contributed by atoms with Crippen molar-refractivity contribution in [3.05, 3.63) is 22.4 Å². The number of alkyl carbamates (subject to hydrolysis) is 1. The largest absolute Gasteiger partial charge is 0.444 e. The maximum absolute atomic E-state index is 11.7. The fraction of sp³-hybridized carbons (Fsp3) is 0.688. The van der Waals surface area contributed by atoms with Crippen molar-refractivity contribution in [1.82, 2.24) is 10.6 Å². The van der Waals surface area contributed by atoms with Gasteiger partial charge in [0, 0.05) is 18.6 Å². The lowest BCUT2D eigenvalue weighted by Crippen LogP contribution is -2.46. The van der Waals surface area contributed by atoms with Crippen molar-refractivity contribution in [2.75, 3.05) is 6.54 Å². The van der Waals surface area contributed by atoms with Crippen molar-refractivity contribution in [3.63, 3.8) is 0 Å². The Kier molecular flexibility index (Phi) is 6.68. The Morgan fingerprint density at radius 1 is 1.33 bits per heavy atom. The van der Waals surface area contributed by atoms with Crippen molar-refractivity contribution < 1.29 is 9.53 Å². The summed E-state index contributed by atoms with van der Waals surface area (Å²) in [6.07, 6.45) is -0.363. The topological polar surface area (TPSA) is 50.4 Å². The molecule has 1 rings (SSSR count). The smallest absolute Gasteiger partial charge is 0.407 e. The maximum Gasteiger partial charge on any atom is 0.407 e. The Bertz CT molecular complexity index is 424. The summed E-state index contributed by atoms with van der Waals surface area (Å²) in [5.41, 5.74) is 0.817. The summed E-state index contributed by atoms with van der Waals surface area (Å²) in [5.74, 6) is 0.418. The molecule has 21 heavy (non-hydrogen) atoms. The van der Waals surface area contributed by atoms with Crippen molar-refractivity contribution >= 4 is 17.4 Å². The van der Waals surface area contributed by atoms with Crippen LogP contribution in [-0.2, 0) is 4.74 Å². The second-order valence-corrected chi connectivity index (χ2v) is 7.46. The lowest BCUT2D eigenvalue weighted by atomic mass is 10.0. The molecule has 5 heteroatoms. The van der Waals surface area contributed by atoms with Crippen LogP contribution in [0.25, 0.3) is 0 Å². The molecule has 0 aliphatic rings. The minimum atomic E-state index is -0.463. The van der Waals surface area contributed by atoms with Crippen LogP contribution < -0.4 is 10.6 Å². The highest BCUT2D eigenvalue weighted by Crippen LogP contribution is 2.17. The maximum atomic E-state index is 11.7. The second-order valence-electron chi connectivity index (χ2n) is 6.68. The molecule has 0 aromatic carbocycles. The molecule has 0 spiro atoms. The number of carbonyl (C=O) groups is 1. The van der Waals surface area contributed by atoms with E-state index in [2.05, 4.69) is 48.2 Å². The predicted octanol–water partition coefficient (Wildman–Crippen LogP) is 3.95. The van der Waals surface area contributed by atoms with Gasteiger partial charge in [0.15, 0.2) is 0 Å². The summed E-state index contributed by atoms with van der Waals surface area (Å²) in [5, 5.41) is 10.7. The number of amides is 1. The minimum Gasteiger partial charge on any atom is -0.444 e. The molecular weight excluding hydrogens is 284 g/mol. The normalized spacial score (nSPS) is 14.8. The van der Waals surface area contributed by atoms with E-state index in [1.54, 1.807) is 11.3 Å². The average Bonchev–Trinajstić information content (AvgIpc) is 2.85. The van der Waals surface area contributed by atoms with E-state index in [1.165, 1.54) is 5.56 Å². The van der Waals surface area contributed by atoms with Crippen LogP contribution in [0.2, 0.25) is 0 Å². The first-order valence-electron chi connectivity index (χ1n) is 7.44. The Morgan fingerprint density at radius 2 is 2.00 bits per heavy atom. The van der Waals surface area contributed by atoms with E-state index >= 15 is 0 Å². The van der Waals surface area contributed by atoms with E-state index in [0.29, 0.717) is 12.5 Å². The predicted molar refractivity (Wildman–Crippen MR) is 88.7 cm³/mol. The lowest BCUT2D eigenvalue weighted by Gasteiger charge is -2.27. The van der Waals surface area contributed by atoms with Crippen LogP contribution in [0.15, 0.2) is 16.8 Å². The third kappa shape index (κ3) is 6.96. The van der Waals surface area contributed by atoms with E-state index in [-0.39, 0.29) is 18.2 Å². The van der Waals surface area contributed by atoms with Crippen LogP contribution in [-0.4, -0.2) is 24.3 Å². The van der Waals surface area contributed by atoms with Gasteiger partial charge in [0.25, 0.3) is 0 Å². The van der Waals surface area contributed by atoms with Crippen LogP contribution in [0, 0.1) is 5.92 Å². The molecule has 2 atom stereocenters. The zero-order chi connectivity index (χ0) is 16.0. The van der Waals surface area contributed by atoms with Gasteiger partial charge in [-0.25, -0.2) is 4.79 Å². The second kappa shape index (κ2) is 7.80. The summed E-state index contributed by atoms with van der Waals surface area (Å²) in [6, 6.07) is 2.59. The zero-order valence-electron chi connectivity index (χ0n) is 13.9. The number of carbonyl (C=O) groups excluding carboxylic acids is 1. The molecule has 0 bridgehead atoms. The molecule has 1 aromatic rings. The van der Waals surface area contributed by atoms with Crippen LogP contribution in [0.3, 0.4) is 0 Å². The molecule has 0 saturated heterocycles. The molecule has 2 unspecified atom stereocenters. The fourth-order valence-electron chi connectivity index (χ4n) is 1.93. The molecule has 120 valence electrons. The molecule has 0 fully saturated rings. The molecule has 0 aliphatic heterocycles. The highest BCUT2D eigenvalue weighted by Gasteiger charge is 2.20. The molecule has 4 nitrogen and oxygen atoms in total. The molecule has 1 heterocycles. The van der Waals surface area contributed by atoms with Crippen molar-refractivity contribution in [3.8, 4) is 0 Å². The Labute approximate surface area is 132 Å². The Balaban J connectivity index is 2.49. The molecule has 1 amide bonds. The summed E-state index contributed by atoms with van der Waals surface area (Å²) in [6.45, 7) is 12.6. The number of hydrogen-bond acceptors (Lipinski definition) is 4. The van der Waals surface area contributed by atoms with Gasteiger partial charge < -0.3 is 15.4 Å². The monoisotopic (exact) mass is 312 g/mol. The summed E-state index contributed by atoms with van der Waals surface area (Å²) < 4.78 is 5.27. The Morgan fingerprint density at radius 3 is 2.48 bits per heavy atom. The van der Waals surface area contributed by atoms with Crippen LogP contribution in [0.5, 0.6) is 0 Å². The van der Waals surface area contributed by atoms with Crippen molar-refractivity contribution in [2.45, 2.75) is 59.2 Å². The molecule has 1 aromatic heterocycles. The van der Waals surface area contributed by atoms with Crippen LogP contribution in [0.4, 0.5) is 4.79 Å². The highest BCUT2D eigenvalue weighted by molar-refractivity contribution is 7.07. The van der Waals surface area contributed by atoms with E-state index in [1.807, 2.05) is 20.8 Å². The fourth-order valence-corrected chi connectivity index (χ4v) is 2.69. The van der Waals surface area contributed by atoms with E-state index < -0.39 is 5.60 Å².